The van der Waals surface area contributed by atoms with Crippen LogP contribution in [0.3, 0.4) is 0 Å². The number of benzene rings is 1. The second kappa shape index (κ2) is 7.11. The summed E-state index contributed by atoms with van der Waals surface area (Å²) in [6.07, 6.45) is 1.06. The molecule has 0 aliphatic carbocycles. The summed E-state index contributed by atoms with van der Waals surface area (Å²) in [4.78, 5) is 14.3. The van der Waals surface area contributed by atoms with E-state index in [-0.39, 0.29) is 11.9 Å². The van der Waals surface area contributed by atoms with Gasteiger partial charge in [0.05, 0.1) is 11.0 Å². The minimum absolute atomic E-state index is 0.0491. The molecule has 1 unspecified atom stereocenters. The molecule has 3 nitrogen and oxygen atoms in total. The molecule has 1 aromatic carbocycles. The van der Waals surface area contributed by atoms with Gasteiger partial charge in [-0.25, -0.2) is 0 Å². The van der Waals surface area contributed by atoms with E-state index in [0.29, 0.717) is 24.4 Å². The molecule has 0 saturated carbocycles. The zero-order chi connectivity index (χ0) is 13.5. The van der Waals surface area contributed by atoms with Crippen LogP contribution in [-0.4, -0.2) is 22.3 Å². The van der Waals surface area contributed by atoms with Crippen molar-refractivity contribution in [3.63, 3.8) is 0 Å². The van der Waals surface area contributed by atoms with E-state index in [0.717, 1.165) is 5.56 Å². The van der Waals surface area contributed by atoms with Crippen LogP contribution in [0.5, 0.6) is 0 Å². The number of amides is 1. The fourth-order valence-corrected chi connectivity index (χ4v) is 1.97. The Bertz CT molecular complexity index is 406. The summed E-state index contributed by atoms with van der Waals surface area (Å²) < 4.78 is 0. The Hall–Kier alpha value is -1.42. The zero-order valence-electron chi connectivity index (χ0n) is 10.9. The van der Waals surface area contributed by atoms with Crippen molar-refractivity contribution >= 4 is 23.1 Å². The highest BCUT2D eigenvalue weighted by Crippen LogP contribution is 2.20. The summed E-state index contributed by atoms with van der Waals surface area (Å²) in [6, 6.07) is 10.0. The third kappa shape index (κ3) is 4.11. The van der Waals surface area contributed by atoms with Crippen molar-refractivity contribution in [2.45, 2.75) is 32.7 Å². The maximum Gasteiger partial charge on any atom is 0.222 e. The molecule has 0 heterocycles. The van der Waals surface area contributed by atoms with Gasteiger partial charge < -0.3 is 10.6 Å². The molecule has 0 aromatic heterocycles. The van der Waals surface area contributed by atoms with Gasteiger partial charge in [0.2, 0.25) is 5.91 Å². The zero-order valence-corrected chi connectivity index (χ0v) is 11.7. The van der Waals surface area contributed by atoms with Crippen molar-refractivity contribution in [1.82, 2.24) is 4.90 Å². The molecule has 0 aliphatic heterocycles. The van der Waals surface area contributed by atoms with Gasteiger partial charge >= 0.3 is 0 Å². The normalized spacial score (nSPS) is 11.9. The minimum Gasteiger partial charge on any atom is -0.393 e. The average molecular weight is 264 g/mol. The predicted molar refractivity (Wildman–Crippen MR) is 78.3 cm³/mol. The van der Waals surface area contributed by atoms with Crippen LogP contribution in [-0.2, 0) is 4.79 Å². The Morgan fingerprint density at radius 1 is 1.39 bits per heavy atom. The topological polar surface area (TPSA) is 46.3 Å². The Balaban J connectivity index is 2.82. The van der Waals surface area contributed by atoms with Crippen molar-refractivity contribution in [2.75, 3.05) is 6.54 Å². The van der Waals surface area contributed by atoms with Gasteiger partial charge in [-0.15, -0.1) is 0 Å². The number of carbonyl (C=O) groups is 1. The van der Waals surface area contributed by atoms with Gasteiger partial charge in [0, 0.05) is 19.4 Å². The third-order valence-corrected chi connectivity index (χ3v) is 3.18. The van der Waals surface area contributed by atoms with Gasteiger partial charge in [0.25, 0.3) is 0 Å². The molecule has 1 amide bonds. The molecular formula is C14H20N2OS. The molecule has 1 aromatic rings. The molecule has 98 valence electrons. The van der Waals surface area contributed by atoms with Crippen molar-refractivity contribution < 1.29 is 4.79 Å². The van der Waals surface area contributed by atoms with E-state index in [9.17, 15) is 4.79 Å². The molecule has 1 atom stereocenters. The van der Waals surface area contributed by atoms with Crippen molar-refractivity contribution in [2.24, 2.45) is 5.73 Å². The van der Waals surface area contributed by atoms with Crippen LogP contribution in [0, 0.1) is 0 Å². The van der Waals surface area contributed by atoms with Crippen LogP contribution in [0.15, 0.2) is 30.3 Å². The summed E-state index contributed by atoms with van der Waals surface area (Å²) in [6.45, 7) is 4.48. The van der Waals surface area contributed by atoms with Gasteiger partial charge in [-0.05, 0) is 12.5 Å². The van der Waals surface area contributed by atoms with Gasteiger partial charge in [0.1, 0.15) is 0 Å². The minimum atomic E-state index is 0.0491. The Labute approximate surface area is 114 Å². The standard InChI is InChI=1S/C14H20N2OS/c1-3-14(17)16(10-9-13(15)18)11(2)12-7-5-4-6-8-12/h4-8,11H,3,9-10H2,1-2H3,(H2,15,18). The van der Waals surface area contributed by atoms with Gasteiger partial charge in [-0.3, -0.25) is 4.79 Å². The molecule has 0 fully saturated rings. The second-order valence-corrected chi connectivity index (χ2v) is 4.77. The quantitative estimate of drug-likeness (QED) is 0.804. The fraction of sp³-hybridized carbons (Fsp3) is 0.429. The number of carbonyl (C=O) groups excluding carboxylic acids is 1. The Morgan fingerprint density at radius 2 is 2.00 bits per heavy atom. The highest BCUT2D eigenvalue weighted by molar-refractivity contribution is 7.80. The Kier molecular flexibility index (Phi) is 5.78. The highest BCUT2D eigenvalue weighted by Gasteiger charge is 2.19. The number of rotatable bonds is 6. The summed E-state index contributed by atoms with van der Waals surface area (Å²) in [5, 5.41) is 0. The average Bonchev–Trinajstić information content (AvgIpc) is 2.39. The molecule has 0 aliphatic rings. The van der Waals surface area contributed by atoms with E-state index >= 15 is 0 Å². The maximum absolute atomic E-state index is 12.0. The lowest BCUT2D eigenvalue weighted by molar-refractivity contribution is -0.132. The summed E-state index contributed by atoms with van der Waals surface area (Å²) in [5.41, 5.74) is 6.64. The SMILES string of the molecule is CCC(=O)N(CCC(N)=S)C(C)c1ccccc1. The first kappa shape index (κ1) is 14.6. The van der Waals surface area contributed by atoms with E-state index < -0.39 is 0 Å². The lowest BCUT2D eigenvalue weighted by atomic mass is 10.1. The van der Waals surface area contributed by atoms with Crippen LogP contribution in [0.25, 0.3) is 0 Å². The number of nitrogens with zero attached hydrogens (tertiary/aromatic N) is 1. The van der Waals surface area contributed by atoms with Crippen LogP contribution >= 0.6 is 12.2 Å². The van der Waals surface area contributed by atoms with Crippen LogP contribution < -0.4 is 5.73 Å². The number of nitrogens with two attached hydrogens (primary N) is 1. The highest BCUT2D eigenvalue weighted by atomic mass is 32.1. The van der Waals surface area contributed by atoms with E-state index in [1.165, 1.54) is 0 Å². The van der Waals surface area contributed by atoms with E-state index in [2.05, 4.69) is 0 Å². The lowest BCUT2D eigenvalue weighted by Crippen LogP contribution is -2.35. The van der Waals surface area contributed by atoms with E-state index in [4.69, 9.17) is 18.0 Å². The summed E-state index contributed by atoms with van der Waals surface area (Å²) in [5.74, 6) is 0.127. The third-order valence-electron chi connectivity index (χ3n) is 2.97. The molecule has 2 N–H and O–H groups in total. The first-order valence-electron chi connectivity index (χ1n) is 6.19. The predicted octanol–water partition coefficient (Wildman–Crippen LogP) is 2.66. The molecule has 1 rings (SSSR count). The van der Waals surface area contributed by atoms with Crippen molar-refractivity contribution in [1.29, 1.82) is 0 Å². The monoisotopic (exact) mass is 264 g/mol. The van der Waals surface area contributed by atoms with Crippen LogP contribution in [0.1, 0.15) is 38.3 Å². The maximum atomic E-state index is 12.0. The lowest BCUT2D eigenvalue weighted by Gasteiger charge is -2.29. The number of thiocarbonyl (C=S) groups is 1. The fourth-order valence-electron chi connectivity index (χ4n) is 1.88. The smallest absolute Gasteiger partial charge is 0.222 e. The molecule has 0 radical (unpaired) electrons. The largest absolute Gasteiger partial charge is 0.393 e. The first-order chi connectivity index (χ1) is 8.56. The van der Waals surface area contributed by atoms with Gasteiger partial charge in [-0.1, -0.05) is 49.5 Å². The second-order valence-electron chi connectivity index (χ2n) is 4.24. The van der Waals surface area contributed by atoms with Crippen LogP contribution in [0.2, 0.25) is 0 Å². The first-order valence-corrected chi connectivity index (χ1v) is 6.59. The van der Waals surface area contributed by atoms with Crippen molar-refractivity contribution in [3.05, 3.63) is 35.9 Å². The van der Waals surface area contributed by atoms with Gasteiger partial charge in [0.15, 0.2) is 0 Å². The molecule has 4 heteroatoms. The van der Waals surface area contributed by atoms with E-state index in [1.807, 2.05) is 49.1 Å². The van der Waals surface area contributed by atoms with Crippen LogP contribution in [0.4, 0.5) is 0 Å². The molecule has 0 saturated heterocycles. The summed E-state index contributed by atoms with van der Waals surface area (Å²) in [7, 11) is 0. The van der Waals surface area contributed by atoms with Gasteiger partial charge in [-0.2, -0.15) is 0 Å². The molecule has 0 spiro atoms. The molecular weight excluding hydrogens is 244 g/mol. The number of hydrogen-bond acceptors (Lipinski definition) is 2. The summed E-state index contributed by atoms with van der Waals surface area (Å²) >= 11 is 4.88. The van der Waals surface area contributed by atoms with Crippen molar-refractivity contribution in [3.8, 4) is 0 Å². The molecule has 18 heavy (non-hydrogen) atoms. The molecule has 0 bridgehead atoms. The van der Waals surface area contributed by atoms with E-state index in [1.54, 1.807) is 0 Å². The Morgan fingerprint density at radius 3 is 2.50 bits per heavy atom. The number of hydrogen-bond donors (Lipinski definition) is 1.